The Kier molecular flexibility index (Phi) is 4.87. The van der Waals surface area contributed by atoms with Gasteiger partial charge >= 0.3 is 5.78 Å². The lowest BCUT2D eigenvalue weighted by molar-refractivity contribution is 0.462. The van der Waals surface area contributed by atoms with Crippen LogP contribution in [-0.2, 0) is 10.1 Å². The number of benzene rings is 2. The van der Waals surface area contributed by atoms with Crippen LogP contribution in [-0.4, -0.2) is 28.7 Å². The summed E-state index contributed by atoms with van der Waals surface area (Å²) in [6.07, 6.45) is 4.76. The van der Waals surface area contributed by atoms with Crippen molar-refractivity contribution in [2.75, 3.05) is 0 Å². The molecule has 0 amide bonds. The summed E-state index contributed by atoms with van der Waals surface area (Å²) in [7, 11) is -4.71. The van der Waals surface area contributed by atoms with E-state index in [0.29, 0.717) is 16.7 Å². The second-order valence-electron chi connectivity index (χ2n) is 6.32. The van der Waals surface area contributed by atoms with Crippen LogP contribution in [0, 0.1) is 6.92 Å². The third-order valence-electron chi connectivity index (χ3n) is 4.38. The molecule has 0 saturated heterocycles. The van der Waals surface area contributed by atoms with Crippen LogP contribution in [0.25, 0.3) is 5.57 Å². The topological polar surface area (TPSA) is 98.8 Å². The van der Waals surface area contributed by atoms with Gasteiger partial charge in [-0.3, -0.25) is 4.79 Å². The molecule has 0 radical (unpaired) electrons. The molecule has 6 heteroatoms. The number of hydrogen-bond acceptors (Lipinski definition) is 4. The number of hydrogen-bond donors (Lipinski definition) is 1. The van der Waals surface area contributed by atoms with Crippen LogP contribution < -0.4 is 0 Å². The van der Waals surface area contributed by atoms with Gasteiger partial charge in [-0.2, -0.15) is 0 Å². The summed E-state index contributed by atoms with van der Waals surface area (Å²) >= 11 is 0. The zero-order valence-corrected chi connectivity index (χ0v) is 15.6. The van der Waals surface area contributed by atoms with Gasteiger partial charge in [-0.1, -0.05) is 24.3 Å². The molecule has 0 aromatic heterocycles. The fourth-order valence-electron chi connectivity index (χ4n) is 3.18. The summed E-state index contributed by atoms with van der Waals surface area (Å²) in [5.41, 5.74) is 3.61. The maximum Gasteiger partial charge on any atom is 0.340 e. The zero-order valence-electron chi connectivity index (χ0n) is 14.8. The summed E-state index contributed by atoms with van der Waals surface area (Å²) in [5, 5.41) is 9.75. The first-order valence-corrected chi connectivity index (χ1v) is 9.61. The highest BCUT2D eigenvalue weighted by molar-refractivity contribution is 7.85. The summed E-state index contributed by atoms with van der Waals surface area (Å²) in [5.74, 6) is 0.172. The quantitative estimate of drug-likeness (QED) is 0.649. The van der Waals surface area contributed by atoms with Crippen LogP contribution >= 0.6 is 0 Å². The predicted molar refractivity (Wildman–Crippen MR) is 103 cm³/mol. The van der Waals surface area contributed by atoms with E-state index in [4.69, 9.17) is 0 Å². The fraction of sp³-hybridized carbons (Fsp3) is 0.0952. The van der Waals surface area contributed by atoms with Crippen molar-refractivity contribution in [2.45, 2.75) is 18.7 Å². The van der Waals surface area contributed by atoms with Gasteiger partial charge in [0.25, 0.3) is 0 Å². The van der Waals surface area contributed by atoms with Gasteiger partial charge in [0.15, 0.2) is 0 Å². The molecule has 1 aliphatic carbocycles. The first-order valence-electron chi connectivity index (χ1n) is 8.20. The lowest BCUT2D eigenvalue weighted by Crippen LogP contribution is -2.07. The number of ketones is 1. The Balaban J connectivity index is 2.44. The van der Waals surface area contributed by atoms with Crippen LogP contribution in [0.3, 0.4) is 0 Å². The van der Waals surface area contributed by atoms with Crippen molar-refractivity contribution >= 4 is 21.5 Å². The maximum absolute atomic E-state index is 11.8. The van der Waals surface area contributed by atoms with Crippen molar-refractivity contribution in [1.29, 1.82) is 0 Å². The molecule has 27 heavy (non-hydrogen) atoms. The van der Waals surface area contributed by atoms with E-state index in [2.05, 4.69) is 0 Å². The SMILES string of the molecule is CC1=CC(=[OH+])C=C/C1=C(/c1ccc(O)cc1C)c1ccccc1S(=O)(=O)[O-]. The first kappa shape index (κ1) is 18.8. The van der Waals surface area contributed by atoms with Gasteiger partial charge in [0.05, 0.1) is 4.90 Å². The maximum atomic E-state index is 11.8. The lowest BCUT2D eigenvalue weighted by Gasteiger charge is -2.21. The molecule has 0 aliphatic heterocycles. The molecule has 3 rings (SSSR count). The van der Waals surface area contributed by atoms with Crippen molar-refractivity contribution in [3.8, 4) is 5.75 Å². The minimum atomic E-state index is -4.71. The van der Waals surface area contributed by atoms with Gasteiger partial charge in [-0.15, -0.1) is 0 Å². The number of aromatic hydroxyl groups is 1. The highest BCUT2D eigenvalue weighted by Gasteiger charge is 2.22. The Labute approximate surface area is 157 Å². The van der Waals surface area contributed by atoms with Gasteiger partial charge in [0, 0.05) is 17.7 Å². The van der Waals surface area contributed by atoms with Gasteiger partial charge in [0.1, 0.15) is 15.9 Å². The van der Waals surface area contributed by atoms with Crippen LogP contribution in [0.5, 0.6) is 5.75 Å². The van der Waals surface area contributed by atoms with Crippen LogP contribution in [0.1, 0.15) is 23.6 Å². The average Bonchev–Trinajstić information content (AvgIpc) is 2.58. The molecule has 1 aliphatic rings. The van der Waals surface area contributed by atoms with Gasteiger partial charge in [0.2, 0.25) is 0 Å². The van der Waals surface area contributed by atoms with Crippen LogP contribution in [0.2, 0.25) is 0 Å². The number of allylic oxidation sites excluding steroid dienone is 5. The van der Waals surface area contributed by atoms with E-state index in [-0.39, 0.29) is 22.0 Å². The van der Waals surface area contributed by atoms with Crippen molar-refractivity contribution in [3.63, 3.8) is 0 Å². The molecule has 2 aromatic carbocycles. The molecule has 2 N–H and O–H groups in total. The van der Waals surface area contributed by atoms with Crippen molar-refractivity contribution < 1.29 is 22.9 Å². The predicted octanol–water partition coefficient (Wildman–Crippen LogP) is 3.47. The molecule has 0 spiro atoms. The van der Waals surface area contributed by atoms with E-state index in [9.17, 15) is 22.9 Å². The Bertz CT molecular complexity index is 1130. The van der Waals surface area contributed by atoms with E-state index in [1.807, 2.05) is 0 Å². The van der Waals surface area contributed by atoms with E-state index >= 15 is 0 Å². The number of phenols is 1. The normalized spacial score (nSPS) is 16.3. The van der Waals surface area contributed by atoms with Crippen LogP contribution in [0.15, 0.2) is 76.7 Å². The highest BCUT2D eigenvalue weighted by atomic mass is 32.2. The van der Waals surface area contributed by atoms with Gasteiger partial charge in [-0.05, 0) is 66.0 Å². The Morgan fingerprint density at radius 2 is 1.74 bits per heavy atom. The third kappa shape index (κ3) is 3.77. The van der Waals surface area contributed by atoms with Crippen molar-refractivity contribution in [2.24, 2.45) is 0 Å². The number of aryl methyl sites for hydroxylation is 1. The van der Waals surface area contributed by atoms with E-state index in [0.717, 1.165) is 11.1 Å². The van der Waals surface area contributed by atoms with E-state index < -0.39 is 10.1 Å². The molecule has 0 unspecified atom stereocenters. The molecular weight excluding hydrogens is 364 g/mol. The molecule has 2 aromatic rings. The molecule has 0 fully saturated rings. The summed E-state index contributed by atoms with van der Waals surface area (Å²) in [6, 6.07) is 10.8. The molecule has 0 atom stereocenters. The zero-order chi connectivity index (χ0) is 19.8. The Morgan fingerprint density at radius 3 is 2.37 bits per heavy atom. The van der Waals surface area contributed by atoms with Gasteiger partial charge < -0.3 is 9.66 Å². The van der Waals surface area contributed by atoms with Crippen molar-refractivity contribution in [3.05, 3.63) is 88.5 Å². The number of rotatable bonds is 3. The standard InChI is InChI=1S/C21H18O5S/c1-13-11-15(22)7-9-17(13)21(18-10-8-16(23)12-14(18)2)19-5-3-4-6-20(19)27(24,25)26/h3-12,22H,1-2H3,(H,24,25,26)/b21-18+. The molecule has 0 saturated carbocycles. The Hall–Kier alpha value is -2.96. The number of carbonyl (C=O) groups excluding carboxylic acids is 1. The summed E-state index contributed by atoms with van der Waals surface area (Å²) in [4.78, 5) is 9.43. The Morgan fingerprint density at radius 1 is 1.04 bits per heavy atom. The van der Waals surface area contributed by atoms with Crippen molar-refractivity contribution in [1.82, 2.24) is 0 Å². The first-order chi connectivity index (χ1) is 12.7. The summed E-state index contributed by atoms with van der Waals surface area (Å²) in [6.45, 7) is 3.58. The number of phenolic OH excluding ortho intramolecular Hbond substituents is 1. The van der Waals surface area contributed by atoms with Gasteiger partial charge in [-0.25, -0.2) is 8.42 Å². The third-order valence-corrected chi connectivity index (χ3v) is 5.28. The average molecular weight is 382 g/mol. The second-order valence-corrected chi connectivity index (χ2v) is 7.67. The monoisotopic (exact) mass is 382 g/mol. The highest BCUT2D eigenvalue weighted by Crippen LogP contribution is 2.37. The lowest BCUT2D eigenvalue weighted by atomic mass is 9.85. The molecule has 5 nitrogen and oxygen atoms in total. The largest absolute Gasteiger partial charge is 0.744 e. The molecular formula is C21H18O5S. The minimum absolute atomic E-state index is 0.0859. The fourth-order valence-corrected chi connectivity index (χ4v) is 3.87. The van der Waals surface area contributed by atoms with Crippen LogP contribution in [0.4, 0.5) is 0 Å². The van der Waals surface area contributed by atoms with E-state index in [1.165, 1.54) is 24.3 Å². The van der Waals surface area contributed by atoms with E-state index in [1.54, 1.807) is 50.3 Å². The minimum Gasteiger partial charge on any atom is -0.744 e. The second kappa shape index (κ2) is 6.98. The molecule has 0 bridgehead atoms. The smallest absolute Gasteiger partial charge is 0.340 e. The molecule has 138 valence electrons. The summed E-state index contributed by atoms with van der Waals surface area (Å²) < 4.78 is 35.5. The molecule has 0 heterocycles.